The van der Waals surface area contributed by atoms with E-state index in [-0.39, 0.29) is 23.1 Å². The third kappa shape index (κ3) is 4.79. The van der Waals surface area contributed by atoms with Gasteiger partial charge in [0.05, 0.1) is 12.2 Å². The fourth-order valence-electron chi connectivity index (χ4n) is 3.41. The lowest BCUT2D eigenvalue weighted by Crippen LogP contribution is -2.15. The van der Waals surface area contributed by atoms with Crippen molar-refractivity contribution in [2.24, 2.45) is 0 Å². The number of aryl methyl sites for hydroxylation is 1. The summed E-state index contributed by atoms with van der Waals surface area (Å²) in [6.07, 6.45) is 0. The molecular weight excluding hydrogens is 424 g/mol. The first kappa shape index (κ1) is 21.5. The number of benzene rings is 3. The summed E-state index contributed by atoms with van der Waals surface area (Å²) in [5.74, 6) is -0.954. The Balaban J connectivity index is 1.41. The second kappa shape index (κ2) is 9.62. The minimum atomic E-state index is -0.666. The molecule has 0 aliphatic rings. The first-order chi connectivity index (χ1) is 15.5. The molecule has 5 nitrogen and oxygen atoms in total. The minimum Gasteiger partial charge on any atom is -0.454 e. The lowest BCUT2D eigenvalue weighted by molar-refractivity contribution is 0.0474. The van der Waals surface area contributed by atoms with E-state index in [0.29, 0.717) is 17.8 Å². The molecule has 0 radical (unpaired) electrons. The van der Waals surface area contributed by atoms with Gasteiger partial charge < -0.3 is 4.74 Å². The van der Waals surface area contributed by atoms with Crippen LogP contribution in [0.25, 0.3) is 11.1 Å². The molecular formula is C26H21ClN2O3. The van der Waals surface area contributed by atoms with Crippen LogP contribution in [0.3, 0.4) is 0 Å². The number of carbonyl (C=O) groups is 2. The van der Waals surface area contributed by atoms with Gasteiger partial charge in [-0.05, 0) is 23.6 Å². The van der Waals surface area contributed by atoms with Crippen LogP contribution in [0.2, 0.25) is 5.15 Å². The Hall–Kier alpha value is -3.70. The van der Waals surface area contributed by atoms with Crippen molar-refractivity contribution in [1.29, 1.82) is 0 Å². The highest BCUT2D eigenvalue weighted by atomic mass is 35.5. The highest BCUT2D eigenvalue weighted by molar-refractivity contribution is 6.32. The highest BCUT2D eigenvalue weighted by Crippen LogP contribution is 2.23. The number of halogens is 1. The summed E-state index contributed by atoms with van der Waals surface area (Å²) < 4.78 is 6.81. The van der Waals surface area contributed by atoms with Crippen molar-refractivity contribution in [3.05, 3.63) is 112 Å². The molecule has 1 aromatic heterocycles. The maximum Gasteiger partial charge on any atom is 0.343 e. The van der Waals surface area contributed by atoms with Gasteiger partial charge in [0.2, 0.25) is 0 Å². The number of ether oxygens (including phenoxy) is 1. The molecule has 0 unspecified atom stereocenters. The third-order valence-corrected chi connectivity index (χ3v) is 5.48. The molecule has 0 N–H and O–H groups in total. The van der Waals surface area contributed by atoms with E-state index >= 15 is 0 Å². The minimum absolute atomic E-state index is 0.176. The SMILES string of the molecule is Cc1nn(Cc2ccccc2)c(Cl)c1C(=O)OCC(=O)c1ccc(-c2ccccc2)cc1. The summed E-state index contributed by atoms with van der Waals surface area (Å²) in [5, 5.41) is 4.54. The topological polar surface area (TPSA) is 61.2 Å². The average molecular weight is 445 g/mol. The molecule has 0 amide bonds. The number of aromatic nitrogens is 2. The van der Waals surface area contributed by atoms with Gasteiger partial charge in [0.25, 0.3) is 0 Å². The van der Waals surface area contributed by atoms with E-state index < -0.39 is 5.97 Å². The standard InChI is InChI=1S/C26H21ClN2O3/c1-18-24(25(27)29(28-18)16-19-8-4-2-5-9-19)26(31)32-17-23(30)22-14-12-21(13-15-22)20-10-6-3-7-11-20/h2-15H,16-17H2,1H3. The fraction of sp³-hybridized carbons (Fsp3) is 0.115. The molecule has 32 heavy (non-hydrogen) atoms. The van der Waals surface area contributed by atoms with Gasteiger partial charge in [0.15, 0.2) is 12.4 Å². The van der Waals surface area contributed by atoms with E-state index in [1.807, 2.05) is 72.8 Å². The van der Waals surface area contributed by atoms with Crippen LogP contribution in [0.1, 0.15) is 32.0 Å². The van der Waals surface area contributed by atoms with Crippen LogP contribution < -0.4 is 0 Å². The van der Waals surface area contributed by atoms with Crippen LogP contribution in [0.4, 0.5) is 0 Å². The summed E-state index contributed by atoms with van der Waals surface area (Å²) >= 11 is 6.40. The number of carbonyl (C=O) groups excluding carboxylic acids is 2. The number of rotatable bonds is 7. The van der Waals surface area contributed by atoms with Crippen molar-refractivity contribution >= 4 is 23.4 Å². The van der Waals surface area contributed by atoms with Crippen LogP contribution in [-0.4, -0.2) is 28.1 Å². The van der Waals surface area contributed by atoms with Gasteiger partial charge in [-0.2, -0.15) is 5.10 Å². The lowest BCUT2D eigenvalue weighted by Gasteiger charge is -2.06. The van der Waals surface area contributed by atoms with Gasteiger partial charge >= 0.3 is 5.97 Å². The second-order valence-corrected chi connectivity index (χ2v) is 7.70. The van der Waals surface area contributed by atoms with Crippen molar-refractivity contribution in [3.63, 3.8) is 0 Å². The summed E-state index contributed by atoms with van der Waals surface area (Å²) in [6.45, 7) is 1.75. The van der Waals surface area contributed by atoms with Gasteiger partial charge in [-0.3, -0.25) is 4.79 Å². The predicted octanol–water partition coefficient (Wildman–Crippen LogP) is 5.60. The summed E-state index contributed by atoms with van der Waals surface area (Å²) in [4.78, 5) is 25.1. The molecule has 3 aromatic carbocycles. The number of hydrogen-bond acceptors (Lipinski definition) is 4. The van der Waals surface area contributed by atoms with Crippen molar-refractivity contribution in [2.75, 3.05) is 6.61 Å². The molecule has 4 aromatic rings. The summed E-state index contributed by atoms with van der Waals surface area (Å²) in [6, 6.07) is 26.8. The van der Waals surface area contributed by atoms with Gasteiger partial charge in [0.1, 0.15) is 10.7 Å². The van der Waals surface area contributed by atoms with E-state index in [0.717, 1.165) is 16.7 Å². The molecule has 0 fully saturated rings. The van der Waals surface area contributed by atoms with Crippen LogP contribution in [0.5, 0.6) is 0 Å². The van der Waals surface area contributed by atoms with Gasteiger partial charge in [-0.25, -0.2) is 9.48 Å². The number of ketones is 1. The molecule has 0 aliphatic carbocycles. The predicted molar refractivity (Wildman–Crippen MR) is 124 cm³/mol. The summed E-state index contributed by atoms with van der Waals surface area (Å²) in [5.41, 5.74) is 4.18. The van der Waals surface area contributed by atoms with Crippen molar-refractivity contribution in [3.8, 4) is 11.1 Å². The average Bonchev–Trinajstić information content (AvgIpc) is 3.11. The Morgan fingerprint density at radius 2 is 1.47 bits per heavy atom. The maximum atomic E-state index is 12.6. The fourth-order valence-corrected chi connectivity index (χ4v) is 3.72. The zero-order valence-corrected chi connectivity index (χ0v) is 18.3. The number of hydrogen-bond donors (Lipinski definition) is 0. The zero-order chi connectivity index (χ0) is 22.5. The number of esters is 1. The molecule has 6 heteroatoms. The third-order valence-electron chi connectivity index (χ3n) is 5.09. The van der Waals surface area contributed by atoms with Crippen LogP contribution >= 0.6 is 11.6 Å². The van der Waals surface area contributed by atoms with E-state index in [9.17, 15) is 9.59 Å². The molecule has 160 valence electrons. The van der Waals surface area contributed by atoms with E-state index in [1.165, 1.54) is 0 Å². The Kier molecular flexibility index (Phi) is 6.47. The molecule has 0 spiro atoms. The first-order valence-electron chi connectivity index (χ1n) is 10.2. The van der Waals surface area contributed by atoms with Crippen molar-refractivity contribution in [2.45, 2.75) is 13.5 Å². The van der Waals surface area contributed by atoms with E-state index in [4.69, 9.17) is 16.3 Å². The molecule has 0 saturated carbocycles. The number of nitrogens with zero attached hydrogens (tertiary/aromatic N) is 2. The van der Waals surface area contributed by atoms with E-state index in [2.05, 4.69) is 5.10 Å². The van der Waals surface area contributed by atoms with Crippen LogP contribution in [0.15, 0.2) is 84.9 Å². The highest BCUT2D eigenvalue weighted by Gasteiger charge is 2.22. The van der Waals surface area contributed by atoms with Crippen molar-refractivity contribution < 1.29 is 14.3 Å². The monoisotopic (exact) mass is 444 g/mol. The molecule has 0 atom stereocenters. The Morgan fingerprint density at radius 1 is 0.875 bits per heavy atom. The molecule has 1 heterocycles. The zero-order valence-electron chi connectivity index (χ0n) is 17.5. The van der Waals surface area contributed by atoms with Crippen molar-refractivity contribution in [1.82, 2.24) is 9.78 Å². The lowest BCUT2D eigenvalue weighted by atomic mass is 10.0. The quantitative estimate of drug-likeness (QED) is 0.275. The van der Waals surface area contributed by atoms with Crippen LogP contribution in [0, 0.1) is 6.92 Å². The van der Waals surface area contributed by atoms with E-state index in [1.54, 1.807) is 23.7 Å². The normalized spacial score (nSPS) is 10.7. The molecule has 4 rings (SSSR count). The Bertz CT molecular complexity index is 1230. The molecule has 0 bridgehead atoms. The van der Waals surface area contributed by atoms with Gasteiger partial charge in [-0.15, -0.1) is 0 Å². The molecule has 0 aliphatic heterocycles. The first-order valence-corrected chi connectivity index (χ1v) is 10.5. The number of Topliss-reactive ketones (excluding diaryl/α,β-unsaturated/α-hetero) is 1. The smallest absolute Gasteiger partial charge is 0.343 e. The second-order valence-electron chi connectivity index (χ2n) is 7.34. The summed E-state index contributed by atoms with van der Waals surface area (Å²) in [7, 11) is 0. The van der Waals surface area contributed by atoms with Gasteiger partial charge in [0, 0.05) is 5.56 Å². The Morgan fingerprint density at radius 3 is 2.12 bits per heavy atom. The molecule has 0 saturated heterocycles. The Labute approximate surface area is 191 Å². The van der Waals surface area contributed by atoms with Crippen LogP contribution in [-0.2, 0) is 11.3 Å². The van der Waals surface area contributed by atoms with Gasteiger partial charge in [-0.1, -0.05) is 96.5 Å². The maximum absolute atomic E-state index is 12.6. The largest absolute Gasteiger partial charge is 0.454 e.